The molecule has 98 valence electrons. The average Bonchev–Trinajstić information content (AvgIpc) is 2.52. The number of hydrogen-bond donors (Lipinski definition) is 1. The van der Waals surface area contributed by atoms with Crippen LogP contribution >= 0.6 is 0 Å². The molecule has 1 N–H and O–H groups in total. The summed E-state index contributed by atoms with van der Waals surface area (Å²) in [5, 5.41) is 3.45. The Hall–Kier alpha value is -0.570. The van der Waals surface area contributed by atoms with Crippen molar-refractivity contribution in [1.82, 2.24) is 10.2 Å². The average molecular weight is 238 g/mol. The van der Waals surface area contributed by atoms with E-state index in [0.29, 0.717) is 23.9 Å². The molecule has 0 aromatic rings. The van der Waals surface area contributed by atoms with Gasteiger partial charge in [0.2, 0.25) is 5.91 Å². The highest BCUT2D eigenvalue weighted by molar-refractivity contribution is 5.77. The molecule has 1 amide bonds. The Morgan fingerprint density at radius 1 is 1.35 bits per heavy atom. The first kappa shape index (κ1) is 12.9. The van der Waals surface area contributed by atoms with E-state index in [1.165, 1.54) is 25.7 Å². The Morgan fingerprint density at radius 3 is 2.88 bits per heavy atom. The van der Waals surface area contributed by atoms with Crippen molar-refractivity contribution in [2.24, 2.45) is 5.92 Å². The SMILES string of the molecule is CCCC(C)CC(=O)N1C2CCNCC1CC2. The molecule has 3 heteroatoms. The van der Waals surface area contributed by atoms with Gasteiger partial charge in [-0.2, -0.15) is 0 Å². The highest BCUT2D eigenvalue weighted by atomic mass is 16.2. The molecule has 2 heterocycles. The van der Waals surface area contributed by atoms with Crippen LogP contribution in [0.5, 0.6) is 0 Å². The van der Waals surface area contributed by atoms with E-state index in [9.17, 15) is 4.79 Å². The summed E-state index contributed by atoms with van der Waals surface area (Å²) in [4.78, 5) is 14.6. The van der Waals surface area contributed by atoms with Gasteiger partial charge in [0.1, 0.15) is 0 Å². The minimum absolute atomic E-state index is 0.405. The number of carbonyl (C=O) groups is 1. The van der Waals surface area contributed by atoms with Crippen LogP contribution in [-0.2, 0) is 4.79 Å². The maximum absolute atomic E-state index is 12.4. The molecule has 3 nitrogen and oxygen atoms in total. The third-order valence-electron chi connectivity index (χ3n) is 4.25. The van der Waals surface area contributed by atoms with Crippen molar-refractivity contribution in [2.45, 2.75) is 64.5 Å². The van der Waals surface area contributed by atoms with E-state index in [-0.39, 0.29) is 0 Å². The first-order valence-electron chi connectivity index (χ1n) is 7.24. The molecule has 0 saturated carbocycles. The van der Waals surface area contributed by atoms with E-state index in [1.807, 2.05) is 0 Å². The monoisotopic (exact) mass is 238 g/mol. The number of carbonyl (C=O) groups excluding carboxylic acids is 1. The largest absolute Gasteiger partial charge is 0.335 e. The smallest absolute Gasteiger partial charge is 0.223 e. The molecule has 3 atom stereocenters. The fraction of sp³-hybridized carbons (Fsp3) is 0.929. The molecule has 2 saturated heterocycles. The number of nitrogens with zero attached hydrogens (tertiary/aromatic N) is 1. The fourth-order valence-electron chi connectivity index (χ4n) is 3.39. The van der Waals surface area contributed by atoms with Gasteiger partial charge < -0.3 is 10.2 Å². The van der Waals surface area contributed by atoms with Crippen LogP contribution in [0, 0.1) is 5.92 Å². The molecular weight excluding hydrogens is 212 g/mol. The zero-order chi connectivity index (χ0) is 12.3. The summed E-state index contributed by atoms with van der Waals surface area (Å²) in [6.07, 6.45) is 6.67. The van der Waals surface area contributed by atoms with Crippen LogP contribution in [0.3, 0.4) is 0 Å². The lowest BCUT2D eigenvalue weighted by atomic mass is 10.0. The molecule has 0 aromatic heterocycles. The van der Waals surface area contributed by atoms with Gasteiger partial charge >= 0.3 is 0 Å². The zero-order valence-electron chi connectivity index (χ0n) is 11.2. The Bertz CT molecular complexity index is 253. The third-order valence-corrected chi connectivity index (χ3v) is 4.25. The van der Waals surface area contributed by atoms with Crippen molar-refractivity contribution in [1.29, 1.82) is 0 Å². The highest BCUT2D eigenvalue weighted by Crippen LogP contribution is 2.29. The van der Waals surface area contributed by atoms with Crippen molar-refractivity contribution in [3.05, 3.63) is 0 Å². The first-order chi connectivity index (χ1) is 8.22. The second-order valence-electron chi connectivity index (χ2n) is 5.78. The standard InChI is InChI=1S/C14H26N2O/c1-3-4-11(2)9-14(17)16-12-5-6-13(16)10-15-8-7-12/h11-13,15H,3-10H2,1-2H3. The molecule has 17 heavy (non-hydrogen) atoms. The Labute approximate surface area is 105 Å². The first-order valence-corrected chi connectivity index (χ1v) is 7.24. The van der Waals surface area contributed by atoms with Gasteiger partial charge in [-0.05, 0) is 31.7 Å². The van der Waals surface area contributed by atoms with Crippen molar-refractivity contribution >= 4 is 5.91 Å². The number of nitrogens with one attached hydrogen (secondary N) is 1. The van der Waals surface area contributed by atoms with Crippen LogP contribution < -0.4 is 5.32 Å². The van der Waals surface area contributed by atoms with Crippen LogP contribution in [0.25, 0.3) is 0 Å². The predicted molar refractivity (Wildman–Crippen MR) is 69.8 cm³/mol. The molecule has 0 aliphatic carbocycles. The van der Waals surface area contributed by atoms with E-state index in [1.54, 1.807) is 0 Å². The molecule has 0 radical (unpaired) electrons. The van der Waals surface area contributed by atoms with E-state index in [2.05, 4.69) is 24.1 Å². The normalized spacial score (nSPS) is 30.1. The lowest BCUT2D eigenvalue weighted by Gasteiger charge is -2.29. The minimum atomic E-state index is 0.405. The molecule has 0 aromatic carbocycles. The van der Waals surface area contributed by atoms with E-state index >= 15 is 0 Å². The second kappa shape index (κ2) is 5.85. The lowest BCUT2D eigenvalue weighted by molar-refractivity contribution is -0.134. The predicted octanol–water partition coefficient (Wildman–Crippen LogP) is 2.17. The fourth-order valence-corrected chi connectivity index (χ4v) is 3.39. The minimum Gasteiger partial charge on any atom is -0.335 e. The van der Waals surface area contributed by atoms with Crippen LogP contribution in [0.1, 0.15) is 52.4 Å². The second-order valence-corrected chi connectivity index (χ2v) is 5.78. The number of rotatable bonds is 4. The number of fused-ring (bicyclic) bond motifs is 2. The molecule has 2 bridgehead atoms. The Morgan fingerprint density at radius 2 is 2.12 bits per heavy atom. The summed E-state index contributed by atoms with van der Waals surface area (Å²) in [7, 11) is 0. The van der Waals surface area contributed by atoms with Crippen LogP contribution in [-0.4, -0.2) is 36.0 Å². The Balaban J connectivity index is 1.93. The van der Waals surface area contributed by atoms with Crippen LogP contribution in [0.15, 0.2) is 0 Å². The van der Waals surface area contributed by atoms with Gasteiger partial charge in [0.05, 0.1) is 0 Å². The van der Waals surface area contributed by atoms with E-state index in [0.717, 1.165) is 25.9 Å². The summed E-state index contributed by atoms with van der Waals surface area (Å²) in [6, 6.07) is 1.00. The molecule has 2 aliphatic heterocycles. The summed E-state index contributed by atoms with van der Waals surface area (Å²) >= 11 is 0. The molecule has 2 fully saturated rings. The van der Waals surface area contributed by atoms with Gasteiger partial charge in [0.15, 0.2) is 0 Å². The van der Waals surface area contributed by atoms with Crippen molar-refractivity contribution < 1.29 is 4.79 Å². The Kier molecular flexibility index (Phi) is 4.43. The maximum atomic E-state index is 12.4. The van der Waals surface area contributed by atoms with Crippen molar-refractivity contribution in [3.63, 3.8) is 0 Å². The summed E-state index contributed by atoms with van der Waals surface area (Å²) in [5.74, 6) is 0.949. The van der Waals surface area contributed by atoms with Crippen molar-refractivity contribution in [2.75, 3.05) is 13.1 Å². The van der Waals surface area contributed by atoms with Crippen molar-refractivity contribution in [3.8, 4) is 0 Å². The van der Waals surface area contributed by atoms with E-state index in [4.69, 9.17) is 0 Å². The van der Waals surface area contributed by atoms with Gasteiger partial charge in [-0.3, -0.25) is 4.79 Å². The van der Waals surface area contributed by atoms with E-state index < -0.39 is 0 Å². The highest BCUT2D eigenvalue weighted by Gasteiger charge is 2.37. The molecular formula is C14H26N2O. The number of amides is 1. The zero-order valence-corrected chi connectivity index (χ0v) is 11.2. The van der Waals surface area contributed by atoms with Crippen LogP contribution in [0.4, 0.5) is 0 Å². The van der Waals surface area contributed by atoms with Gasteiger partial charge in [-0.25, -0.2) is 0 Å². The molecule has 0 spiro atoms. The van der Waals surface area contributed by atoms with Gasteiger partial charge in [0, 0.05) is 25.0 Å². The molecule has 3 unspecified atom stereocenters. The van der Waals surface area contributed by atoms with Crippen LogP contribution in [0.2, 0.25) is 0 Å². The molecule has 2 aliphatic rings. The lowest BCUT2D eigenvalue weighted by Crippen LogP contribution is -2.43. The maximum Gasteiger partial charge on any atom is 0.223 e. The summed E-state index contributed by atoms with van der Waals surface area (Å²) < 4.78 is 0. The quantitative estimate of drug-likeness (QED) is 0.814. The van der Waals surface area contributed by atoms with Gasteiger partial charge in [-0.15, -0.1) is 0 Å². The number of hydrogen-bond acceptors (Lipinski definition) is 2. The topological polar surface area (TPSA) is 32.3 Å². The van der Waals surface area contributed by atoms with Gasteiger partial charge in [0.25, 0.3) is 0 Å². The molecule has 2 rings (SSSR count). The van der Waals surface area contributed by atoms with Gasteiger partial charge in [-0.1, -0.05) is 26.7 Å². The summed E-state index contributed by atoms with van der Waals surface area (Å²) in [5.41, 5.74) is 0. The summed E-state index contributed by atoms with van der Waals surface area (Å²) in [6.45, 7) is 6.49. The third kappa shape index (κ3) is 3.01.